The second-order valence-corrected chi connectivity index (χ2v) is 6.03. The van der Waals surface area contributed by atoms with Gasteiger partial charge in [-0.05, 0) is 48.5 Å². The Morgan fingerprint density at radius 1 is 0.967 bits per heavy atom. The molecule has 10 heteroatoms. The Kier molecular flexibility index (Phi) is 6.45. The summed E-state index contributed by atoms with van der Waals surface area (Å²) in [5, 5.41) is 5.47. The Balaban J connectivity index is 1.47. The minimum absolute atomic E-state index is 0.119. The highest BCUT2D eigenvalue weighted by Crippen LogP contribution is 2.29. The van der Waals surface area contributed by atoms with Crippen molar-refractivity contribution in [1.29, 1.82) is 0 Å². The van der Waals surface area contributed by atoms with Crippen LogP contribution in [0.3, 0.4) is 0 Å². The molecule has 156 valence electrons. The van der Waals surface area contributed by atoms with Crippen LogP contribution in [0.5, 0.6) is 11.6 Å². The summed E-state index contributed by atoms with van der Waals surface area (Å²) in [6, 6.07) is 10.9. The lowest BCUT2D eigenvalue weighted by molar-refractivity contribution is -0.137. The molecule has 0 unspecified atom stereocenters. The van der Waals surface area contributed by atoms with Crippen LogP contribution in [0.1, 0.15) is 15.9 Å². The summed E-state index contributed by atoms with van der Waals surface area (Å²) in [6.07, 6.45) is -2.98. The Morgan fingerprint density at radius 2 is 1.67 bits per heavy atom. The summed E-state index contributed by atoms with van der Waals surface area (Å²) in [5.41, 5.74) is -0.699. The number of carbonyl (C=O) groups excluding carboxylic acids is 1. The van der Waals surface area contributed by atoms with Gasteiger partial charge in [-0.15, -0.1) is 0 Å². The van der Waals surface area contributed by atoms with E-state index in [2.05, 4.69) is 20.6 Å². The Morgan fingerprint density at radius 3 is 2.33 bits per heavy atom. The Bertz CT molecular complexity index is 993. The highest BCUT2D eigenvalue weighted by molar-refractivity contribution is 5.94. The lowest BCUT2D eigenvalue weighted by atomic mass is 10.1. The standard InChI is InChI=1S/C20H16F4N4O2/c21-15-5-7-16(8-6-15)30-17-9-10-26-19(28-17)27-12-11-25-18(29)13-1-3-14(4-2-13)20(22,23)24/h1-10H,11-12H2,(H,25,29)(H,26,27,28). The summed E-state index contributed by atoms with van der Waals surface area (Å²) in [6.45, 7) is 0.457. The number of hydrogen-bond acceptors (Lipinski definition) is 5. The van der Waals surface area contributed by atoms with Gasteiger partial charge in [0.05, 0.1) is 5.56 Å². The first-order valence-electron chi connectivity index (χ1n) is 8.77. The third-order valence-electron chi connectivity index (χ3n) is 3.83. The van der Waals surface area contributed by atoms with E-state index in [0.29, 0.717) is 5.75 Å². The highest BCUT2D eigenvalue weighted by atomic mass is 19.4. The molecule has 0 radical (unpaired) electrons. The fraction of sp³-hybridized carbons (Fsp3) is 0.150. The van der Waals surface area contributed by atoms with Gasteiger partial charge in [-0.1, -0.05) is 0 Å². The first kappa shape index (κ1) is 21.0. The maximum atomic E-state index is 12.9. The van der Waals surface area contributed by atoms with E-state index in [9.17, 15) is 22.4 Å². The summed E-state index contributed by atoms with van der Waals surface area (Å²) >= 11 is 0. The second kappa shape index (κ2) is 9.21. The Labute approximate surface area is 168 Å². The summed E-state index contributed by atoms with van der Waals surface area (Å²) in [4.78, 5) is 20.2. The van der Waals surface area contributed by atoms with E-state index < -0.39 is 17.6 Å². The average molecular weight is 420 g/mol. The van der Waals surface area contributed by atoms with E-state index >= 15 is 0 Å². The molecule has 0 atom stereocenters. The molecule has 0 saturated heterocycles. The second-order valence-electron chi connectivity index (χ2n) is 6.03. The molecule has 0 aliphatic heterocycles. The highest BCUT2D eigenvalue weighted by Gasteiger charge is 2.30. The van der Waals surface area contributed by atoms with Crippen LogP contribution in [-0.2, 0) is 6.18 Å². The van der Waals surface area contributed by atoms with Gasteiger partial charge in [0.15, 0.2) is 0 Å². The molecule has 3 rings (SSSR count). The largest absolute Gasteiger partial charge is 0.439 e. The molecule has 30 heavy (non-hydrogen) atoms. The number of aromatic nitrogens is 2. The van der Waals surface area contributed by atoms with Crippen molar-refractivity contribution in [2.24, 2.45) is 0 Å². The molecule has 2 N–H and O–H groups in total. The number of alkyl halides is 3. The number of amides is 1. The van der Waals surface area contributed by atoms with E-state index in [4.69, 9.17) is 4.74 Å². The first-order valence-corrected chi connectivity index (χ1v) is 8.77. The molecule has 6 nitrogen and oxygen atoms in total. The third-order valence-corrected chi connectivity index (χ3v) is 3.83. The molecule has 0 aliphatic rings. The molecule has 0 aliphatic carbocycles. The van der Waals surface area contributed by atoms with Crippen molar-refractivity contribution in [2.45, 2.75) is 6.18 Å². The molecule has 3 aromatic rings. The predicted molar refractivity (Wildman–Crippen MR) is 101 cm³/mol. The topological polar surface area (TPSA) is 76.1 Å². The van der Waals surface area contributed by atoms with E-state index in [1.54, 1.807) is 0 Å². The van der Waals surface area contributed by atoms with Gasteiger partial charge in [0.25, 0.3) is 5.91 Å². The van der Waals surface area contributed by atoms with Crippen molar-refractivity contribution in [3.8, 4) is 11.6 Å². The molecular formula is C20H16F4N4O2. The van der Waals surface area contributed by atoms with Gasteiger partial charge in [0.1, 0.15) is 11.6 Å². The van der Waals surface area contributed by atoms with Gasteiger partial charge >= 0.3 is 6.18 Å². The molecule has 1 heterocycles. The molecule has 0 saturated carbocycles. The lowest BCUT2D eigenvalue weighted by Gasteiger charge is -2.09. The Hall–Kier alpha value is -3.69. The molecule has 0 spiro atoms. The zero-order valence-electron chi connectivity index (χ0n) is 15.4. The summed E-state index contributed by atoms with van der Waals surface area (Å²) < 4.78 is 56.1. The maximum Gasteiger partial charge on any atom is 0.416 e. The zero-order valence-corrected chi connectivity index (χ0v) is 15.4. The number of ether oxygens (including phenoxy) is 1. The molecule has 2 aromatic carbocycles. The molecule has 0 fully saturated rings. The monoisotopic (exact) mass is 420 g/mol. The summed E-state index contributed by atoms with van der Waals surface area (Å²) in [7, 11) is 0. The minimum Gasteiger partial charge on any atom is -0.439 e. The van der Waals surface area contributed by atoms with E-state index in [0.717, 1.165) is 24.3 Å². The van der Waals surface area contributed by atoms with Crippen LogP contribution in [-0.4, -0.2) is 29.0 Å². The molecular weight excluding hydrogens is 404 g/mol. The van der Waals surface area contributed by atoms with Crippen molar-refractivity contribution < 1.29 is 27.1 Å². The number of nitrogens with zero attached hydrogens (tertiary/aromatic N) is 2. The van der Waals surface area contributed by atoms with E-state index in [1.807, 2.05) is 0 Å². The van der Waals surface area contributed by atoms with Gasteiger partial charge in [0, 0.05) is 30.9 Å². The number of halogens is 4. The van der Waals surface area contributed by atoms with Gasteiger partial charge in [0.2, 0.25) is 11.8 Å². The normalized spacial score (nSPS) is 11.1. The maximum absolute atomic E-state index is 12.9. The van der Waals surface area contributed by atoms with Crippen molar-refractivity contribution in [2.75, 3.05) is 18.4 Å². The van der Waals surface area contributed by atoms with Crippen LogP contribution < -0.4 is 15.4 Å². The van der Waals surface area contributed by atoms with Crippen molar-refractivity contribution in [3.63, 3.8) is 0 Å². The van der Waals surface area contributed by atoms with E-state index in [-0.39, 0.29) is 36.3 Å². The van der Waals surface area contributed by atoms with Crippen molar-refractivity contribution in [1.82, 2.24) is 15.3 Å². The van der Waals surface area contributed by atoms with Gasteiger partial charge in [-0.2, -0.15) is 18.2 Å². The van der Waals surface area contributed by atoms with E-state index in [1.165, 1.54) is 36.5 Å². The molecule has 1 aromatic heterocycles. The van der Waals surface area contributed by atoms with Crippen LogP contribution >= 0.6 is 0 Å². The molecule has 0 bridgehead atoms. The average Bonchev–Trinajstić information content (AvgIpc) is 2.72. The summed E-state index contributed by atoms with van der Waals surface area (Å²) in [5.74, 6) is 0.0155. The van der Waals surface area contributed by atoms with Gasteiger partial charge in [-0.25, -0.2) is 9.37 Å². The van der Waals surface area contributed by atoms with Crippen molar-refractivity contribution >= 4 is 11.9 Å². The van der Waals surface area contributed by atoms with Crippen LogP contribution in [0, 0.1) is 5.82 Å². The minimum atomic E-state index is -4.45. The quantitative estimate of drug-likeness (QED) is 0.441. The van der Waals surface area contributed by atoms with Crippen molar-refractivity contribution in [3.05, 3.63) is 77.7 Å². The zero-order chi connectivity index (χ0) is 21.6. The van der Waals surface area contributed by atoms with Crippen LogP contribution in [0.15, 0.2) is 60.8 Å². The number of nitrogens with one attached hydrogen (secondary N) is 2. The third kappa shape index (κ3) is 5.90. The van der Waals surface area contributed by atoms with Gasteiger partial charge < -0.3 is 15.4 Å². The number of hydrogen-bond donors (Lipinski definition) is 2. The molecule has 1 amide bonds. The fourth-order valence-corrected chi connectivity index (χ4v) is 2.37. The van der Waals surface area contributed by atoms with Crippen LogP contribution in [0.2, 0.25) is 0 Å². The predicted octanol–water partition coefficient (Wildman–Crippen LogP) is 4.27. The number of carbonyl (C=O) groups is 1. The number of benzene rings is 2. The smallest absolute Gasteiger partial charge is 0.416 e. The number of anilines is 1. The van der Waals surface area contributed by atoms with Crippen LogP contribution in [0.4, 0.5) is 23.5 Å². The fourth-order valence-electron chi connectivity index (χ4n) is 2.37. The first-order chi connectivity index (χ1) is 14.3. The SMILES string of the molecule is O=C(NCCNc1nccc(Oc2ccc(F)cc2)n1)c1ccc(C(F)(F)F)cc1. The van der Waals surface area contributed by atoms with Gasteiger partial charge in [-0.3, -0.25) is 4.79 Å². The number of rotatable bonds is 7. The van der Waals surface area contributed by atoms with Crippen LogP contribution in [0.25, 0.3) is 0 Å². The lowest BCUT2D eigenvalue weighted by Crippen LogP contribution is -2.29.